The van der Waals surface area contributed by atoms with Gasteiger partial charge in [0.25, 0.3) is 0 Å². The molecule has 1 unspecified atom stereocenters. The lowest BCUT2D eigenvalue weighted by atomic mass is 10.1. The summed E-state index contributed by atoms with van der Waals surface area (Å²) >= 11 is 1.79. The highest BCUT2D eigenvalue weighted by molar-refractivity contribution is 7.98. The average Bonchev–Trinajstić information content (AvgIpc) is 2.49. The topological polar surface area (TPSA) is 12.0 Å². The van der Waals surface area contributed by atoms with Crippen LogP contribution in [0.5, 0.6) is 0 Å². The number of nitrogens with one attached hydrogen (secondary N) is 1. The summed E-state index contributed by atoms with van der Waals surface area (Å²) in [6, 6.07) is 17.8. The molecule has 0 aliphatic heterocycles. The first-order chi connectivity index (χ1) is 9.70. The number of hydrogen-bond acceptors (Lipinski definition) is 2. The van der Waals surface area contributed by atoms with Gasteiger partial charge in [-0.3, -0.25) is 0 Å². The second-order valence-electron chi connectivity index (χ2n) is 5.13. The highest BCUT2D eigenvalue weighted by Gasteiger charge is 2.05. The van der Waals surface area contributed by atoms with Crippen molar-refractivity contribution in [1.29, 1.82) is 0 Å². The minimum atomic E-state index is 0.398. The summed E-state index contributed by atoms with van der Waals surface area (Å²) in [6.07, 6.45) is 3.19. The van der Waals surface area contributed by atoms with Gasteiger partial charge in [0.2, 0.25) is 0 Å². The van der Waals surface area contributed by atoms with Crippen LogP contribution in [0.15, 0.2) is 53.4 Å². The predicted molar refractivity (Wildman–Crippen MR) is 89.5 cm³/mol. The zero-order valence-electron chi connectivity index (χ0n) is 12.5. The van der Waals surface area contributed by atoms with Crippen molar-refractivity contribution in [2.24, 2.45) is 0 Å². The lowest BCUT2D eigenvalue weighted by molar-refractivity contribution is 0.576. The standard InChI is InChI=1S/C18H23NS/c1-14-6-4-5-7-16(14)12-13-19-15(2)17-8-10-18(20-3)11-9-17/h4-11,15,19H,12-13H2,1-3H3. The largest absolute Gasteiger partial charge is 0.310 e. The van der Waals surface area contributed by atoms with Crippen molar-refractivity contribution < 1.29 is 0 Å². The Morgan fingerprint density at radius 1 is 1.05 bits per heavy atom. The van der Waals surface area contributed by atoms with Gasteiger partial charge in [0.1, 0.15) is 0 Å². The molecule has 20 heavy (non-hydrogen) atoms. The first-order valence-electron chi connectivity index (χ1n) is 7.12. The fraction of sp³-hybridized carbons (Fsp3) is 0.333. The van der Waals surface area contributed by atoms with Crippen molar-refractivity contribution in [3.8, 4) is 0 Å². The molecular formula is C18H23NS. The van der Waals surface area contributed by atoms with Crippen LogP contribution in [0, 0.1) is 6.92 Å². The molecule has 0 amide bonds. The summed E-state index contributed by atoms with van der Waals surface area (Å²) in [5.74, 6) is 0. The average molecular weight is 285 g/mol. The van der Waals surface area contributed by atoms with Gasteiger partial charge in [0.15, 0.2) is 0 Å². The van der Waals surface area contributed by atoms with Gasteiger partial charge in [0, 0.05) is 10.9 Å². The van der Waals surface area contributed by atoms with Crippen LogP contribution >= 0.6 is 11.8 Å². The van der Waals surface area contributed by atoms with Crippen molar-refractivity contribution in [3.05, 3.63) is 65.2 Å². The van der Waals surface area contributed by atoms with Crippen LogP contribution < -0.4 is 5.32 Å². The normalized spacial score (nSPS) is 12.3. The number of rotatable bonds is 6. The Kier molecular flexibility index (Phi) is 5.69. The zero-order chi connectivity index (χ0) is 14.4. The molecule has 0 bridgehead atoms. The van der Waals surface area contributed by atoms with E-state index in [2.05, 4.69) is 74.0 Å². The summed E-state index contributed by atoms with van der Waals surface area (Å²) in [6.45, 7) is 5.42. The number of aryl methyl sites for hydroxylation is 1. The lowest BCUT2D eigenvalue weighted by Gasteiger charge is -2.15. The molecule has 0 radical (unpaired) electrons. The van der Waals surface area contributed by atoms with Crippen molar-refractivity contribution >= 4 is 11.8 Å². The Balaban J connectivity index is 1.85. The van der Waals surface area contributed by atoms with Crippen LogP contribution in [0.2, 0.25) is 0 Å². The summed E-state index contributed by atoms with van der Waals surface area (Å²) < 4.78 is 0. The van der Waals surface area contributed by atoms with E-state index < -0.39 is 0 Å². The van der Waals surface area contributed by atoms with Gasteiger partial charge in [-0.05, 0) is 61.9 Å². The van der Waals surface area contributed by atoms with E-state index in [-0.39, 0.29) is 0 Å². The molecule has 0 aliphatic carbocycles. The Labute approximate surface area is 126 Å². The molecule has 1 atom stereocenters. The Bertz CT molecular complexity index is 533. The smallest absolute Gasteiger partial charge is 0.0291 e. The number of hydrogen-bond donors (Lipinski definition) is 1. The van der Waals surface area contributed by atoms with Gasteiger partial charge in [-0.15, -0.1) is 11.8 Å². The van der Waals surface area contributed by atoms with Crippen LogP contribution in [-0.4, -0.2) is 12.8 Å². The minimum Gasteiger partial charge on any atom is -0.310 e. The molecule has 106 valence electrons. The molecule has 2 rings (SSSR count). The monoisotopic (exact) mass is 285 g/mol. The van der Waals surface area contributed by atoms with E-state index in [1.807, 2.05) is 0 Å². The summed E-state index contributed by atoms with van der Waals surface area (Å²) in [7, 11) is 0. The summed E-state index contributed by atoms with van der Waals surface area (Å²) in [5, 5.41) is 3.61. The second-order valence-corrected chi connectivity index (χ2v) is 6.01. The number of thioether (sulfide) groups is 1. The van der Waals surface area contributed by atoms with Gasteiger partial charge in [0.05, 0.1) is 0 Å². The lowest BCUT2D eigenvalue weighted by Crippen LogP contribution is -2.21. The Morgan fingerprint density at radius 2 is 1.75 bits per heavy atom. The van der Waals surface area contributed by atoms with Crippen molar-refractivity contribution in [3.63, 3.8) is 0 Å². The van der Waals surface area contributed by atoms with Gasteiger partial charge in [-0.2, -0.15) is 0 Å². The first kappa shape index (κ1) is 15.1. The molecule has 2 heteroatoms. The third kappa shape index (κ3) is 4.12. The maximum atomic E-state index is 3.61. The van der Waals surface area contributed by atoms with Gasteiger partial charge in [-0.1, -0.05) is 36.4 Å². The summed E-state index contributed by atoms with van der Waals surface area (Å²) in [4.78, 5) is 1.32. The highest BCUT2D eigenvalue weighted by atomic mass is 32.2. The Hall–Kier alpha value is -1.25. The van der Waals surface area contributed by atoms with Gasteiger partial charge < -0.3 is 5.32 Å². The minimum absolute atomic E-state index is 0.398. The first-order valence-corrected chi connectivity index (χ1v) is 8.35. The third-order valence-electron chi connectivity index (χ3n) is 3.72. The van der Waals surface area contributed by atoms with Crippen LogP contribution in [0.25, 0.3) is 0 Å². The second kappa shape index (κ2) is 7.51. The molecule has 0 saturated carbocycles. The molecule has 0 aromatic heterocycles. The zero-order valence-corrected chi connectivity index (χ0v) is 13.3. The molecule has 0 spiro atoms. The van der Waals surface area contributed by atoms with Crippen molar-refractivity contribution in [2.45, 2.75) is 31.2 Å². The molecule has 2 aromatic rings. The van der Waals surface area contributed by atoms with E-state index >= 15 is 0 Å². The molecule has 0 aliphatic rings. The molecule has 0 fully saturated rings. The van der Waals surface area contributed by atoms with Gasteiger partial charge in [-0.25, -0.2) is 0 Å². The van der Waals surface area contributed by atoms with E-state index in [9.17, 15) is 0 Å². The molecule has 1 N–H and O–H groups in total. The molecular weight excluding hydrogens is 262 g/mol. The maximum absolute atomic E-state index is 3.61. The van der Waals surface area contributed by atoms with E-state index in [4.69, 9.17) is 0 Å². The van der Waals surface area contributed by atoms with E-state index in [0.29, 0.717) is 6.04 Å². The van der Waals surface area contributed by atoms with Crippen LogP contribution in [0.3, 0.4) is 0 Å². The number of benzene rings is 2. The van der Waals surface area contributed by atoms with E-state index in [1.54, 1.807) is 11.8 Å². The predicted octanol–water partition coefficient (Wildman–Crippen LogP) is 4.61. The van der Waals surface area contributed by atoms with Crippen LogP contribution in [-0.2, 0) is 6.42 Å². The van der Waals surface area contributed by atoms with Crippen molar-refractivity contribution in [2.75, 3.05) is 12.8 Å². The quantitative estimate of drug-likeness (QED) is 0.778. The van der Waals surface area contributed by atoms with E-state index in [0.717, 1.165) is 13.0 Å². The fourth-order valence-corrected chi connectivity index (χ4v) is 2.73. The van der Waals surface area contributed by atoms with Gasteiger partial charge >= 0.3 is 0 Å². The van der Waals surface area contributed by atoms with E-state index in [1.165, 1.54) is 21.6 Å². The molecule has 2 aromatic carbocycles. The van der Waals surface area contributed by atoms with Crippen molar-refractivity contribution in [1.82, 2.24) is 5.32 Å². The fourth-order valence-electron chi connectivity index (χ4n) is 2.32. The molecule has 0 saturated heterocycles. The summed E-state index contributed by atoms with van der Waals surface area (Å²) in [5.41, 5.74) is 4.17. The third-order valence-corrected chi connectivity index (χ3v) is 4.47. The van der Waals surface area contributed by atoms with Crippen LogP contribution in [0.1, 0.15) is 29.7 Å². The Morgan fingerprint density at radius 3 is 2.40 bits per heavy atom. The maximum Gasteiger partial charge on any atom is 0.0291 e. The molecule has 0 heterocycles. The van der Waals surface area contributed by atoms with Crippen LogP contribution in [0.4, 0.5) is 0 Å². The molecule has 1 nitrogen and oxygen atoms in total. The SMILES string of the molecule is CSc1ccc(C(C)NCCc2ccccc2C)cc1. The highest BCUT2D eigenvalue weighted by Crippen LogP contribution is 2.19.